The number of esters is 1. The van der Waals surface area contributed by atoms with Gasteiger partial charge in [-0.15, -0.1) is 0 Å². The van der Waals surface area contributed by atoms with Crippen LogP contribution in [0, 0.1) is 0 Å². The topological polar surface area (TPSA) is 46.5 Å². The first-order valence-electron chi connectivity index (χ1n) is 6.91. The number of aryl methyl sites for hydroxylation is 1. The van der Waals surface area contributed by atoms with Crippen molar-refractivity contribution >= 4 is 5.97 Å². The van der Waals surface area contributed by atoms with Crippen molar-refractivity contribution in [3.63, 3.8) is 0 Å². The van der Waals surface area contributed by atoms with Crippen molar-refractivity contribution < 1.29 is 23.4 Å². The highest BCUT2D eigenvalue weighted by Gasteiger charge is 2.64. The Morgan fingerprint density at radius 1 is 1.00 bits per heavy atom. The lowest BCUT2D eigenvalue weighted by molar-refractivity contribution is -0.218. The number of hydrogen-bond donors (Lipinski definition) is 1. The van der Waals surface area contributed by atoms with Gasteiger partial charge < -0.3 is 9.84 Å². The molecule has 0 radical (unpaired) electrons. The molecule has 114 valence electrons. The van der Waals surface area contributed by atoms with Crippen LogP contribution in [0.2, 0.25) is 0 Å². The summed E-state index contributed by atoms with van der Waals surface area (Å²) in [4.78, 5) is 11.6. The Labute approximate surface area is 126 Å². The van der Waals surface area contributed by atoms with E-state index in [1.165, 1.54) is 18.2 Å². The minimum Gasteiger partial charge on any atom is -0.422 e. The van der Waals surface area contributed by atoms with Crippen LogP contribution >= 0.6 is 0 Å². The van der Waals surface area contributed by atoms with E-state index in [4.69, 9.17) is 0 Å². The van der Waals surface area contributed by atoms with Gasteiger partial charge in [-0.25, -0.2) is 4.79 Å². The fourth-order valence-corrected chi connectivity index (χ4v) is 2.66. The number of carbonyl (C=O) groups is 1. The molecule has 2 aromatic rings. The number of fused-ring (bicyclic) bond motifs is 1. The Morgan fingerprint density at radius 3 is 2.36 bits per heavy atom. The summed E-state index contributed by atoms with van der Waals surface area (Å²) in [6, 6.07) is 14.8. The molecule has 5 heteroatoms. The summed E-state index contributed by atoms with van der Waals surface area (Å²) in [5, 5.41) is 10.6. The van der Waals surface area contributed by atoms with Crippen LogP contribution in [0.4, 0.5) is 8.78 Å². The van der Waals surface area contributed by atoms with E-state index < -0.39 is 17.5 Å². The second-order valence-corrected chi connectivity index (χ2v) is 5.31. The average molecular weight is 304 g/mol. The molecule has 1 unspecified atom stereocenters. The maximum absolute atomic E-state index is 14.3. The van der Waals surface area contributed by atoms with Crippen LogP contribution in [-0.2, 0) is 16.8 Å². The van der Waals surface area contributed by atoms with Gasteiger partial charge in [-0.2, -0.15) is 8.78 Å². The van der Waals surface area contributed by atoms with E-state index in [1.807, 2.05) is 6.07 Å². The van der Waals surface area contributed by atoms with Crippen LogP contribution < -0.4 is 4.74 Å². The molecule has 3 rings (SSSR count). The first kappa shape index (κ1) is 14.7. The van der Waals surface area contributed by atoms with E-state index in [-0.39, 0.29) is 24.2 Å². The molecule has 0 aromatic heterocycles. The molecule has 1 heterocycles. The van der Waals surface area contributed by atoms with Gasteiger partial charge in [0.1, 0.15) is 5.75 Å². The molecule has 0 bridgehead atoms. The highest BCUT2D eigenvalue weighted by Crippen LogP contribution is 2.48. The number of aliphatic hydroxyl groups is 1. The van der Waals surface area contributed by atoms with Crippen LogP contribution in [0.1, 0.15) is 17.5 Å². The molecular formula is C17H14F2O3. The fourth-order valence-electron chi connectivity index (χ4n) is 2.66. The van der Waals surface area contributed by atoms with Crippen LogP contribution in [0.25, 0.3) is 0 Å². The van der Waals surface area contributed by atoms with Crippen molar-refractivity contribution in [2.45, 2.75) is 24.4 Å². The number of rotatable bonds is 3. The van der Waals surface area contributed by atoms with Crippen molar-refractivity contribution in [2.24, 2.45) is 0 Å². The van der Waals surface area contributed by atoms with Gasteiger partial charge in [-0.05, 0) is 24.5 Å². The number of alkyl halides is 2. The van der Waals surface area contributed by atoms with Crippen molar-refractivity contribution in [3.05, 3.63) is 65.7 Å². The second kappa shape index (κ2) is 5.18. The number of benzene rings is 2. The highest BCUT2D eigenvalue weighted by atomic mass is 19.3. The monoisotopic (exact) mass is 304 g/mol. The molecule has 3 nitrogen and oxygen atoms in total. The summed E-state index contributed by atoms with van der Waals surface area (Å²) in [6.45, 7) is 0. The standard InChI is InChI=1S/C17H14F2O3/c18-17(19)15(20)22-14-9-5-4-8-13(14)16(17,21)11-10-12-6-2-1-3-7-12/h1-9,21H,10-11H2. The lowest BCUT2D eigenvalue weighted by Gasteiger charge is -2.39. The number of ether oxygens (including phenoxy) is 1. The van der Waals surface area contributed by atoms with E-state index in [2.05, 4.69) is 4.74 Å². The molecule has 22 heavy (non-hydrogen) atoms. The lowest BCUT2D eigenvalue weighted by atomic mass is 9.80. The predicted molar refractivity (Wildman–Crippen MR) is 75.7 cm³/mol. The largest absolute Gasteiger partial charge is 0.422 e. The van der Waals surface area contributed by atoms with Crippen LogP contribution in [0.3, 0.4) is 0 Å². The molecule has 2 aromatic carbocycles. The first-order chi connectivity index (χ1) is 10.4. The minimum atomic E-state index is -3.99. The average Bonchev–Trinajstić information content (AvgIpc) is 2.53. The molecular weight excluding hydrogens is 290 g/mol. The molecule has 1 N–H and O–H groups in total. The van der Waals surface area contributed by atoms with E-state index in [0.29, 0.717) is 0 Å². The number of halogens is 2. The van der Waals surface area contributed by atoms with E-state index in [9.17, 15) is 18.7 Å². The van der Waals surface area contributed by atoms with Gasteiger partial charge in [0.05, 0.1) is 0 Å². The Balaban J connectivity index is 1.99. The third-order valence-corrected chi connectivity index (χ3v) is 3.93. The van der Waals surface area contributed by atoms with Gasteiger partial charge in [-0.1, -0.05) is 48.5 Å². The van der Waals surface area contributed by atoms with Gasteiger partial charge >= 0.3 is 11.9 Å². The van der Waals surface area contributed by atoms with Crippen molar-refractivity contribution in [1.29, 1.82) is 0 Å². The van der Waals surface area contributed by atoms with Gasteiger partial charge in [0.25, 0.3) is 0 Å². The molecule has 0 aliphatic carbocycles. The van der Waals surface area contributed by atoms with Crippen LogP contribution in [-0.4, -0.2) is 17.0 Å². The summed E-state index contributed by atoms with van der Waals surface area (Å²) >= 11 is 0. The molecule has 0 saturated heterocycles. The minimum absolute atomic E-state index is 0.0195. The number of carbonyl (C=O) groups excluding carboxylic acids is 1. The van der Waals surface area contributed by atoms with E-state index >= 15 is 0 Å². The molecule has 0 saturated carbocycles. The molecule has 0 spiro atoms. The van der Waals surface area contributed by atoms with Crippen molar-refractivity contribution in [2.75, 3.05) is 0 Å². The summed E-state index contributed by atoms with van der Waals surface area (Å²) in [5.41, 5.74) is -1.83. The Kier molecular flexibility index (Phi) is 3.45. The predicted octanol–water partition coefficient (Wildman–Crippen LogP) is 3.06. The zero-order valence-corrected chi connectivity index (χ0v) is 11.6. The maximum atomic E-state index is 14.3. The molecule has 1 atom stereocenters. The fraction of sp³-hybridized carbons (Fsp3) is 0.235. The van der Waals surface area contributed by atoms with Crippen LogP contribution in [0.15, 0.2) is 54.6 Å². The van der Waals surface area contributed by atoms with Crippen LogP contribution in [0.5, 0.6) is 5.75 Å². The number of hydrogen-bond acceptors (Lipinski definition) is 3. The summed E-state index contributed by atoms with van der Waals surface area (Å²) in [6.07, 6.45) is -0.0648. The number of para-hydroxylation sites is 1. The summed E-state index contributed by atoms with van der Waals surface area (Å²) in [7, 11) is 0. The van der Waals surface area contributed by atoms with Crippen molar-refractivity contribution in [3.8, 4) is 5.75 Å². The maximum Gasteiger partial charge on any atom is 0.385 e. The zero-order valence-electron chi connectivity index (χ0n) is 11.6. The zero-order chi connectivity index (χ0) is 15.8. The Hall–Kier alpha value is -2.27. The second-order valence-electron chi connectivity index (χ2n) is 5.31. The summed E-state index contributed by atoms with van der Waals surface area (Å²) < 4.78 is 33.3. The molecule has 0 fully saturated rings. The lowest BCUT2D eigenvalue weighted by Crippen LogP contribution is -2.55. The summed E-state index contributed by atoms with van der Waals surface area (Å²) in [5.74, 6) is -5.73. The smallest absolute Gasteiger partial charge is 0.385 e. The third-order valence-electron chi connectivity index (χ3n) is 3.93. The SMILES string of the molecule is O=C1Oc2ccccc2C(O)(CCc2ccccc2)C1(F)F. The molecule has 0 amide bonds. The normalized spacial score (nSPS) is 22.8. The Bertz CT molecular complexity index is 700. The van der Waals surface area contributed by atoms with Crippen molar-refractivity contribution in [1.82, 2.24) is 0 Å². The molecule has 1 aliphatic rings. The van der Waals surface area contributed by atoms with E-state index in [1.54, 1.807) is 30.3 Å². The van der Waals surface area contributed by atoms with Gasteiger partial charge in [0, 0.05) is 5.56 Å². The molecule has 1 aliphatic heterocycles. The highest BCUT2D eigenvalue weighted by molar-refractivity contribution is 5.84. The van der Waals surface area contributed by atoms with Gasteiger partial charge in [-0.3, -0.25) is 0 Å². The third kappa shape index (κ3) is 2.18. The van der Waals surface area contributed by atoms with Gasteiger partial charge in [0.2, 0.25) is 0 Å². The quantitative estimate of drug-likeness (QED) is 0.700. The Morgan fingerprint density at radius 2 is 1.64 bits per heavy atom. The first-order valence-corrected chi connectivity index (χ1v) is 6.91. The van der Waals surface area contributed by atoms with Gasteiger partial charge in [0.15, 0.2) is 5.60 Å². The van der Waals surface area contributed by atoms with E-state index in [0.717, 1.165) is 5.56 Å².